The molecule has 0 saturated carbocycles. The van der Waals surface area contributed by atoms with Crippen molar-refractivity contribution in [3.05, 3.63) is 108 Å². The van der Waals surface area contributed by atoms with Crippen molar-refractivity contribution in [3.8, 4) is 0 Å². The minimum Gasteiger partial charge on any atom is -0.480 e. The van der Waals surface area contributed by atoms with E-state index in [1.165, 1.54) is 5.56 Å². The van der Waals surface area contributed by atoms with Gasteiger partial charge >= 0.3 is 5.97 Å². The molecule has 0 saturated heterocycles. The first-order valence-corrected chi connectivity index (χ1v) is 9.72. The molecule has 0 spiro atoms. The van der Waals surface area contributed by atoms with Gasteiger partial charge in [0.05, 0.1) is 0 Å². The number of carbonyl (C=O) groups is 1. The van der Waals surface area contributed by atoms with Crippen LogP contribution in [0.15, 0.2) is 91.1 Å². The number of aliphatic carboxylic acids is 1. The summed E-state index contributed by atoms with van der Waals surface area (Å²) < 4.78 is 2.15. The number of nitrogens with zero attached hydrogens (tertiary/aromatic N) is 2. The van der Waals surface area contributed by atoms with Gasteiger partial charge < -0.3 is 15.1 Å². The number of benzene rings is 3. The van der Waals surface area contributed by atoms with Crippen LogP contribution in [0, 0.1) is 0 Å². The molecule has 0 aliphatic carbocycles. The molecule has 1 atom stereocenters. The van der Waals surface area contributed by atoms with E-state index in [1.807, 2.05) is 84.9 Å². The zero-order chi connectivity index (χ0) is 20.2. The maximum atomic E-state index is 12.3. The van der Waals surface area contributed by atoms with Crippen molar-refractivity contribution in [2.75, 3.05) is 7.05 Å². The number of aromatic nitrogens is 1. The number of hydrogen-bond donors (Lipinski definition) is 1. The van der Waals surface area contributed by atoms with Crippen molar-refractivity contribution >= 4 is 16.9 Å². The number of hydrogen-bond acceptors (Lipinski definition) is 2. The van der Waals surface area contributed by atoms with Crippen LogP contribution in [-0.2, 0) is 17.9 Å². The molecule has 0 aliphatic heterocycles. The van der Waals surface area contributed by atoms with Gasteiger partial charge in [0, 0.05) is 35.8 Å². The minimum absolute atomic E-state index is 0. The summed E-state index contributed by atoms with van der Waals surface area (Å²) in [4.78, 5) is 14.2. The number of likely N-dealkylation sites (N-methyl/N-ethyl adjacent to an activating group) is 1. The van der Waals surface area contributed by atoms with E-state index in [4.69, 9.17) is 0 Å². The van der Waals surface area contributed by atoms with Crippen LogP contribution in [0.3, 0.4) is 0 Å². The van der Waals surface area contributed by atoms with Crippen LogP contribution in [0.4, 0.5) is 0 Å². The van der Waals surface area contributed by atoms with Crippen LogP contribution in [0.25, 0.3) is 10.9 Å². The van der Waals surface area contributed by atoms with Gasteiger partial charge in [-0.1, -0.05) is 78.9 Å². The molecule has 1 aromatic heterocycles. The van der Waals surface area contributed by atoms with Crippen LogP contribution in [0.1, 0.15) is 22.7 Å². The first-order chi connectivity index (χ1) is 14.1. The Morgan fingerprint density at radius 1 is 0.900 bits per heavy atom. The van der Waals surface area contributed by atoms with Crippen LogP contribution >= 0.6 is 0 Å². The molecule has 5 heteroatoms. The van der Waals surface area contributed by atoms with Gasteiger partial charge in [-0.25, -0.2) is 0 Å². The van der Waals surface area contributed by atoms with Gasteiger partial charge in [-0.15, -0.1) is 0 Å². The van der Waals surface area contributed by atoms with E-state index in [2.05, 4.69) is 22.8 Å². The minimum atomic E-state index is -0.842. The van der Waals surface area contributed by atoms with Gasteiger partial charge in [-0.2, -0.15) is 0 Å². The van der Waals surface area contributed by atoms with Crippen LogP contribution in [0.2, 0.25) is 0 Å². The Morgan fingerprint density at radius 2 is 1.47 bits per heavy atom. The molecule has 0 amide bonds. The van der Waals surface area contributed by atoms with Gasteiger partial charge in [0.1, 0.15) is 6.04 Å². The molecule has 0 radical (unpaired) electrons. The fraction of sp³-hybridized carbons (Fsp3) is 0.160. The van der Waals surface area contributed by atoms with Crippen molar-refractivity contribution in [3.63, 3.8) is 0 Å². The predicted molar refractivity (Wildman–Crippen MR) is 119 cm³/mol. The monoisotopic (exact) mass is 402 g/mol. The Balaban J connectivity index is 0.00000256. The van der Waals surface area contributed by atoms with E-state index in [-0.39, 0.29) is 5.48 Å². The quantitative estimate of drug-likeness (QED) is 0.505. The summed E-state index contributed by atoms with van der Waals surface area (Å²) in [7, 11) is 1.87. The third-order valence-corrected chi connectivity index (χ3v) is 5.26. The number of carboxylic acid groups (broad SMARTS) is 1. The number of carboxylic acids is 1. The Kier molecular flexibility index (Phi) is 6.67. The molecule has 0 aliphatic rings. The van der Waals surface area contributed by atoms with Crippen molar-refractivity contribution in [1.82, 2.24) is 9.47 Å². The summed E-state index contributed by atoms with van der Waals surface area (Å²) in [5.74, 6) is -0.842. The molecule has 4 rings (SSSR count). The molecule has 0 fully saturated rings. The van der Waals surface area contributed by atoms with Crippen LogP contribution < -0.4 is 0 Å². The molecule has 3 aromatic carbocycles. The molecule has 3 N–H and O–H groups in total. The van der Waals surface area contributed by atoms with E-state index in [0.29, 0.717) is 13.1 Å². The highest BCUT2D eigenvalue weighted by Gasteiger charge is 2.28. The molecular formula is C25H26N2O3. The lowest BCUT2D eigenvalue weighted by molar-refractivity contribution is -0.143. The molecule has 4 aromatic rings. The highest BCUT2D eigenvalue weighted by molar-refractivity contribution is 5.89. The normalized spacial score (nSPS) is 11.9. The van der Waals surface area contributed by atoms with Gasteiger partial charge in [-0.05, 0) is 24.2 Å². The lowest BCUT2D eigenvalue weighted by Gasteiger charge is -2.24. The molecule has 30 heavy (non-hydrogen) atoms. The van der Waals surface area contributed by atoms with Crippen molar-refractivity contribution in [2.45, 2.75) is 19.1 Å². The number of rotatable bonds is 7. The smallest absolute Gasteiger partial charge is 0.325 e. The van der Waals surface area contributed by atoms with Crippen LogP contribution in [-0.4, -0.2) is 33.1 Å². The number of fused-ring (bicyclic) bond motifs is 1. The first kappa shape index (κ1) is 21.3. The number of para-hydroxylation sites is 1. The predicted octanol–water partition coefficient (Wildman–Crippen LogP) is 4.12. The van der Waals surface area contributed by atoms with E-state index >= 15 is 0 Å². The maximum absolute atomic E-state index is 12.3. The third kappa shape index (κ3) is 4.43. The van der Waals surface area contributed by atoms with Crippen molar-refractivity contribution in [1.29, 1.82) is 0 Å². The lowest BCUT2D eigenvalue weighted by atomic mass is 10.0. The fourth-order valence-electron chi connectivity index (χ4n) is 3.93. The second-order valence-corrected chi connectivity index (χ2v) is 7.36. The Hall–Kier alpha value is -3.41. The first-order valence-electron chi connectivity index (χ1n) is 9.72. The SMILES string of the molecule is CN(Cc1ccccc1)C(C(=O)O)c1cn(Cc2ccccc2)c2ccccc12.O. The summed E-state index contributed by atoms with van der Waals surface area (Å²) in [6.07, 6.45) is 2.00. The maximum Gasteiger partial charge on any atom is 0.325 e. The zero-order valence-corrected chi connectivity index (χ0v) is 16.9. The fourth-order valence-corrected chi connectivity index (χ4v) is 3.93. The average molecular weight is 402 g/mol. The molecule has 0 bridgehead atoms. The summed E-state index contributed by atoms with van der Waals surface area (Å²) in [6.45, 7) is 1.27. The summed E-state index contributed by atoms with van der Waals surface area (Å²) in [5.41, 5.74) is 4.15. The van der Waals surface area contributed by atoms with Gasteiger partial charge in [0.25, 0.3) is 0 Å². The topological polar surface area (TPSA) is 77.0 Å². The summed E-state index contributed by atoms with van der Waals surface area (Å²) in [6, 6.07) is 27.5. The summed E-state index contributed by atoms with van der Waals surface area (Å²) >= 11 is 0. The lowest BCUT2D eigenvalue weighted by Crippen LogP contribution is -2.30. The van der Waals surface area contributed by atoms with Gasteiger partial charge in [0.2, 0.25) is 0 Å². The standard InChI is InChI=1S/C25H24N2O2.H2O/c1-26(16-19-10-4-2-5-11-19)24(25(28)29)22-18-27(17-20-12-6-3-7-13-20)23-15-9-8-14-21(22)23;/h2-15,18,24H,16-17H2,1H3,(H,28,29);1H2. The molecule has 154 valence electrons. The molecular weight excluding hydrogens is 376 g/mol. The third-order valence-electron chi connectivity index (χ3n) is 5.26. The molecule has 1 heterocycles. The van der Waals surface area contributed by atoms with E-state index in [9.17, 15) is 9.90 Å². The van der Waals surface area contributed by atoms with E-state index in [1.54, 1.807) is 0 Å². The molecule has 1 unspecified atom stereocenters. The zero-order valence-electron chi connectivity index (χ0n) is 16.9. The van der Waals surface area contributed by atoms with E-state index in [0.717, 1.165) is 22.0 Å². The van der Waals surface area contributed by atoms with Crippen molar-refractivity contribution < 1.29 is 15.4 Å². The Labute approximate surface area is 176 Å². The Bertz CT molecular complexity index is 1110. The van der Waals surface area contributed by atoms with E-state index < -0.39 is 12.0 Å². The van der Waals surface area contributed by atoms with Gasteiger partial charge in [-0.3, -0.25) is 9.69 Å². The second kappa shape index (κ2) is 9.39. The highest BCUT2D eigenvalue weighted by Crippen LogP contribution is 2.31. The van der Waals surface area contributed by atoms with Gasteiger partial charge in [0.15, 0.2) is 0 Å². The Morgan fingerprint density at radius 3 is 2.10 bits per heavy atom. The summed E-state index contributed by atoms with van der Waals surface area (Å²) in [5, 5.41) is 11.1. The molecule has 5 nitrogen and oxygen atoms in total. The van der Waals surface area contributed by atoms with Crippen LogP contribution in [0.5, 0.6) is 0 Å². The largest absolute Gasteiger partial charge is 0.480 e. The highest BCUT2D eigenvalue weighted by atomic mass is 16.4. The van der Waals surface area contributed by atoms with Crippen molar-refractivity contribution in [2.24, 2.45) is 0 Å². The second-order valence-electron chi connectivity index (χ2n) is 7.36. The average Bonchev–Trinajstić information content (AvgIpc) is 3.07.